The third kappa shape index (κ3) is 2.23. The third-order valence-corrected chi connectivity index (χ3v) is 8.28. The Bertz CT molecular complexity index is 1100. The summed E-state index contributed by atoms with van der Waals surface area (Å²) in [5, 5.41) is 10.5. The molecule has 2 heterocycles. The van der Waals surface area contributed by atoms with Crippen molar-refractivity contribution in [2.75, 3.05) is 6.54 Å². The number of hydrogen-bond acceptors (Lipinski definition) is 4. The number of nitrogens with zero attached hydrogens (tertiary/aromatic N) is 2. The molecular weight excluding hydrogens is 368 g/mol. The van der Waals surface area contributed by atoms with E-state index in [4.69, 9.17) is 0 Å². The third-order valence-electron chi connectivity index (χ3n) is 7.47. The normalized spacial score (nSPS) is 25.5. The molecule has 0 radical (unpaired) electrons. The first kappa shape index (κ1) is 17.7. The Morgan fingerprint density at radius 3 is 2.89 bits per heavy atom. The Morgan fingerprint density at radius 1 is 1.25 bits per heavy atom. The maximum atomic E-state index is 13.5. The van der Waals surface area contributed by atoms with Gasteiger partial charge in [0.25, 0.3) is 5.91 Å². The van der Waals surface area contributed by atoms with E-state index in [2.05, 4.69) is 31.8 Å². The molecule has 2 unspecified atom stereocenters. The van der Waals surface area contributed by atoms with Gasteiger partial charge in [0.05, 0.1) is 15.7 Å². The molecule has 5 rings (SSSR count). The lowest BCUT2D eigenvalue weighted by molar-refractivity contribution is -0.0266. The Labute approximate surface area is 168 Å². The fraction of sp³-hybridized carbons (Fsp3) is 0.391. The fourth-order valence-corrected chi connectivity index (χ4v) is 5.98. The molecule has 1 aliphatic heterocycles. The lowest BCUT2D eigenvalue weighted by atomic mass is 9.51. The second kappa shape index (κ2) is 5.80. The Kier molecular flexibility index (Phi) is 3.66. The Hall–Kier alpha value is -2.40. The van der Waals surface area contributed by atoms with Gasteiger partial charge in [-0.15, -0.1) is 11.3 Å². The number of fused-ring (bicyclic) bond motifs is 5. The number of likely N-dealkylation sites (tertiary alicyclic amines) is 1. The predicted octanol–water partition coefficient (Wildman–Crippen LogP) is 4.76. The van der Waals surface area contributed by atoms with Gasteiger partial charge in [-0.05, 0) is 53.6 Å². The summed E-state index contributed by atoms with van der Waals surface area (Å²) in [4.78, 5) is 19.9. The number of piperidine rings is 1. The van der Waals surface area contributed by atoms with Gasteiger partial charge in [-0.25, -0.2) is 4.98 Å². The maximum Gasteiger partial charge on any atom is 0.254 e. The zero-order valence-electron chi connectivity index (χ0n) is 16.4. The van der Waals surface area contributed by atoms with E-state index in [0.29, 0.717) is 17.7 Å². The molecule has 1 N–H and O–H groups in total. The average Bonchev–Trinajstić information content (AvgIpc) is 3.12. The van der Waals surface area contributed by atoms with Gasteiger partial charge >= 0.3 is 0 Å². The van der Waals surface area contributed by atoms with Crippen LogP contribution in [0.15, 0.2) is 41.9 Å². The molecule has 0 spiro atoms. The van der Waals surface area contributed by atoms with Crippen LogP contribution in [-0.2, 0) is 11.8 Å². The molecule has 2 aliphatic rings. The molecule has 2 atom stereocenters. The molecule has 1 saturated heterocycles. The second-order valence-corrected chi connectivity index (χ2v) is 9.75. The van der Waals surface area contributed by atoms with Crippen molar-refractivity contribution in [2.24, 2.45) is 5.41 Å². The average molecular weight is 393 g/mol. The molecule has 28 heavy (non-hydrogen) atoms. The van der Waals surface area contributed by atoms with Crippen LogP contribution in [0, 0.1) is 5.41 Å². The summed E-state index contributed by atoms with van der Waals surface area (Å²) in [5.74, 6) is 0.413. The van der Waals surface area contributed by atoms with Crippen molar-refractivity contribution in [3.63, 3.8) is 0 Å². The highest BCUT2D eigenvalue weighted by atomic mass is 32.1. The van der Waals surface area contributed by atoms with Gasteiger partial charge in [-0.2, -0.15) is 0 Å². The molecule has 1 aromatic heterocycles. The van der Waals surface area contributed by atoms with Crippen molar-refractivity contribution < 1.29 is 9.90 Å². The number of aromatic nitrogens is 1. The number of hydrogen-bond donors (Lipinski definition) is 1. The van der Waals surface area contributed by atoms with Gasteiger partial charge in [0.1, 0.15) is 5.75 Å². The highest BCUT2D eigenvalue weighted by molar-refractivity contribution is 7.16. The number of aromatic hydroxyl groups is 1. The number of amides is 1. The van der Waals surface area contributed by atoms with Crippen molar-refractivity contribution in [3.8, 4) is 5.75 Å². The minimum Gasteiger partial charge on any atom is -0.508 e. The number of benzene rings is 2. The van der Waals surface area contributed by atoms with Crippen molar-refractivity contribution in [1.29, 1.82) is 0 Å². The molecule has 144 valence electrons. The van der Waals surface area contributed by atoms with Crippen LogP contribution in [0.1, 0.15) is 48.7 Å². The zero-order chi connectivity index (χ0) is 19.7. The summed E-state index contributed by atoms with van der Waals surface area (Å²) in [6.45, 7) is 7.57. The molecule has 1 fully saturated rings. The van der Waals surface area contributed by atoms with E-state index in [0.717, 1.165) is 28.7 Å². The number of thiazole rings is 1. The Morgan fingerprint density at radius 2 is 2.07 bits per heavy atom. The van der Waals surface area contributed by atoms with Crippen molar-refractivity contribution >= 4 is 27.5 Å². The zero-order valence-corrected chi connectivity index (χ0v) is 17.2. The molecule has 5 heteroatoms. The quantitative estimate of drug-likeness (QED) is 0.650. The number of carbonyl (C=O) groups excluding carboxylic acids is 1. The van der Waals surface area contributed by atoms with Gasteiger partial charge in [-0.3, -0.25) is 4.79 Å². The van der Waals surface area contributed by atoms with Crippen LogP contribution < -0.4 is 0 Å². The lowest BCUT2D eigenvalue weighted by Crippen LogP contribution is -2.64. The standard InChI is InChI=1S/C23H24N2O2S/c1-22(2)20-12-15-16(5-4-6-18(15)26)23(22,3)9-10-25(20)21(27)14-7-8-19-17(11-14)24-13-28-19/h4-8,11,13,20,26H,9-10,12H2,1-3H3. The van der Waals surface area contributed by atoms with Crippen molar-refractivity contribution in [3.05, 3.63) is 58.6 Å². The minimum absolute atomic E-state index is 0.0469. The van der Waals surface area contributed by atoms with Crippen molar-refractivity contribution in [1.82, 2.24) is 9.88 Å². The van der Waals surface area contributed by atoms with Crippen LogP contribution >= 0.6 is 11.3 Å². The van der Waals surface area contributed by atoms with E-state index < -0.39 is 0 Å². The van der Waals surface area contributed by atoms with Crippen LogP contribution in [0.3, 0.4) is 0 Å². The molecule has 4 nitrogen and oxygen atoms in total. The number of carbonyl (C=O) groups is 1. The van der Waals surface area contributed by atoms with Gasteiger partial charge < -0.3 is 10.0 Å². The number of phenols is 1. The van der Waals surface area contributed by atoms with E-state index in [1.54, 1.807) is 17.4 Å². The summed E-state index contributed by atoms with van der Waals surface area (Å²) in [5.41, 5.74) is 5.47. The highest BCUT2D eigenvalue weighted by Gasteiger charge is 2.57. The van der Waals surface area contributed by atoms with Gasteiger partial charge in [0, 0.05) is 23.6 Å². The lowest BCUT2D eigenvalue weighted by Gasteiger charge is -2.60. The predicted molar refractivity (Wildman–Crippen MR) is 112 cm³/mol. The van der Waals surface area contributed by atoms with Crippen LogP contribution in [0.5, 0.6) is 5.75 Å². The van der Waals surface area contributed by atoms with E-state index in [9.17, 15) is 9.90 Å². The van der Waals surface area contributed by atoms with Crippen LogP contribution in [-0.4, -0.2) is 33.5 Å². The van der Waals surface area contributed by atoms with E-state index in [1.807, 2.05) is 34.7 Å². The number of rotatable bonds is 1. The first-order chi connectivity index (χ1) is 13.3. The first-order valence-electron chi connectivity index (χ1n) is 9.78. The summed E-state index contributed by atoms with van der Waals surface area (Å²) in [7, 11) is 0. The second-order valence-electron chi connectivity index (χ2n) is 8.86. The van der Waals surface area contributed by atoms with E-state index in [1.165, 1.54) is 5.56 Å². The van der Waals surface area contributed by atoms with Crippen LogP contribution in [0.25, 0.3) is 10.2 Å². The highest BCUT2D eigenvalue weighted by Crippen LogP contribution is 2.57. The van der Waals surface area contributed by atoms with Crippen LogP contribution in [0.4, 0.5) is 0 Å². The molecule has 0 saturated carbocycles. The molecule has 3 aromatic rings. The van der Waals surface area contributed by atoms with Gasteiger partial charge in [0.2, 0.25) is 0 Å². The topological polar surface area (TPSA) is 53.4 Å². The fourth-order valence-electron chi connectivity index (χ4n) is 5.33. The SMILES string of the molecule is CC12CCN(C(=O)c3ccc4scnc4c3)C(Cc3c(O)cccc31)C2(C)C. The molecular formula is C23H24N2O2S. The monoisotopic (exact) mass is 392 g/mol. The smallest absolute Gasteiger partial charge is 0.254 e. The first-order valence-corrected chi connectivity index (χ1v) is 10.7. The summed E-state index contributed by atoms with van der Waals surface area (Å²) in [6.07, 6.45) is 1.58. The largest absolute Gasteiger partial charge is 0.508 e. The maximum absolute atomic E-state index is 13.5. The van der Waals surface area contributed by atoms with Crippen molar-refractivity contribution in [2.45, 2.75) is 45.1 Å². The van der Waals surface area contributed by atoms with E-state index >= 15 is 0 Å². The molecule has 1 aliphatic carbocycles. The molecule has 2 aromatic carbocycles. The van der Waals surface area contributed by atoms with Gasteiger partial charge in [-0.1, -0.05) is 32.9 Å². The number of phenolic OH excluding ortho intramolecular Hbond substituents is 1. The summed E-state index contributed by atoms with van der Waals surface area (Å²) < 4.78 is 1.10. The summed E-state index contributed by atoms with van der Waals surface area (Å²) in [6, 6.07) is 11.7. The minimum atomic E-state index is -0.0908. The van der Waals surface area contributed by atoms with Crippen LogP contribution in [0.2, 0.25) is 0 Å². The molecule has 2 bridgehead atoms. The Balaban J connectivity index is 1.58. The summed E-state index contributed by atoms with van der Waals surface area (Å²) >= 11 is 1.59. The van der Waals surface area contributed by atoms with E-state index in [-0.39, 0.29) is 22.8 Å². The van der Waals surface area contributed by atoms with Gasteiger partial charge in [0.15, 0.2) is 0 Å². The molecule has 1 amide bonds.